The number of rotatable bonds is 9. The number of halogens is 1. The summed E-state index contributed by atoms with van der Waals surface area (Å²) in [6.07, 6.45) is 2.09. The standard InChI is InChI=1S/C23H29IO5/c1-7-15(3)21(16(4)14-24)28-20(25)13-23(5)19(8-2)27-22(29-23)17-9-11-18(26-6)12-10-17/h7-12,14-15,19,21-22H,1-2,13H2,3-6H3/b16-14+/t15-,19-,21-,22?,23?/m0/s1. The van der Waals surface area contributed by atoms with Gasteiger partial charge in [-0.05, 0) is 35.6 Å². The Bertz CT molecular complexity index is 757. The molecule has 1 saturated heterocycles. The Labute approximate surface area is 186 Å². The summed E-state index contributed by atoms with van der Waals surface area (Å²) < 4.78 is 25.1. The van der Waals surface area contributed by atoms with Crippen LogP contribution < -0.4 is 4.74 Å². The molecule has 6 heteroatoms. The predicted octanol–water partition coefficient (Wildman–Crippen LogP) is 5.52. The van der Waals surface area contributed by atoms with Gasteiger partial charge in [0, 0.05) is 11.5 Å². The Kier molecular flexibility index (Phi) is 8.48. The Morgan fingerprint density at radius 2 is 2.00 bits per heavy atom. The first-order chi connectivity index (χ1) is 13.8. The van der Waals surface area contributed by atoms with Crippen LogP contribution in [0.5, 0.6) is 5.75 Å². The molecule has 1 fully saturated rings. The third-order valence-corrected chi connectivity index (χ3v) is 6.06. The highest BCUT2D eigenvalue weighted by molar-refractivity contribution is 14.1. The van der Waals surface area contributed by atoms with Crippen molar-refractivity contribution in [2.24, 2.45) is 5.92 Å². The Morgan fingerprint density at radius 1 is 1.34 bits per heavy atom. The van der Waals surface area contributed by atoms with Gasteiger partial charge in [-0.1, -0.05) is 53.8 Å². The monoisotopic (exact) mass is 512 g/mol. The quantitative estimate of drug-likeness (QED) is 0.248. The zero-order valence-electron chi connectivity index (χ0n) is 17.4. The molecule has 5 atom stereocenters. The number of carbonyl (C=O) groups is 1. The first-order valence-electron chi connectivity index (χ1n) is 9.46. The van der Waals surface area contributed by atoms with Crippen LogP contribution in [-0.2, 0) is 19.0 Å². The van der Waals surface area contributed by atoms with Crippen molar-refractivity contribution in [2.45, 2.75) is 51.3 Å². The van der Waals surface area contributed by atoms with Crippen LogP contribution in [0, 0.1) is 5.92 Å². The van der Waals surface area contributed by atoms with Crippen molar-refractivity contribution in [1.82, 2.24) is 0 Å². The van der Waals surface area contributed by atoms with Gasteiger partial charge in [0.15, 0.2) is 6.29 Å². The van der Waals surface area contributed by atoms with Crippen LogP contribution in [0.1, 0.15) is 39.0 Å². The van der Waals surface area contributed by atoms with E-state index in [-0.39, 0.29) is 24.4 Å². The Morgan fingerprint density at radius 3 is 2.52 bits per heavy atom. The summed E-state index contributed by atoms with van der Waals surface area (Å²) in [4.78, 5) is 12.8. The lowest BCUT2D eigenvalue weighted by molar-refractivity contribution is -0.156. The van der Waals surface area contributed by atoms with Crippen LogP contribution in [-0.4, -0.2) is 30.9 Å². The minimum atomic E-state index is -0.882. The van der Waals surface area contributed by atoms with Gasteiger partial charge < -0.3 is 18.9 Å². The molecular weight excluding hydrogens is 483 g/mol. The molecule has 2 rings (SSSR count). The normalized spacial score (nSPS) is 26.4. The zero-order chi connectivity index (χ0) is 21.6. The highest BCUT2D eigenvalue weighted by atomic mass is 127. The maximum absolute atomic E-state index is 12.8. The van der Waals surface area contributed by atoms with Crippen LogP contribution in [0.4, 0.5) is 0 Å². The van der Waals surface area contributed by atoms with E-state index in [0.717, 1.165) is 16.9 Å². The maximum atomic E-state index is 12.8. The van der Waals surface area contributed by atoms with Crippen LogP contribution in [0.3, 0.4) is 0 Å². The van der Waals surface area contributed by atoms with Crippen LogP contribution >= 0.6 is 22.6 Å². The molecule has 1 aliphatic rings. The first kappa shape index (κ1) is 23.6. The molecular formula is C23H29IO5. The molecule has 0 bridgehead atoms. The first-order valence-corrected chi connectivity index (χ1v) is 10.7. The van der Waals surface area contributed by atoms with Crippen LogP contribution in [0.2, 0.25) is 0 Å². The molecule has 1 aliphatic heterocycles. The summed E-state index contributed by atoms with van der Waals surface area (Å²) in [5.41, 5.74) is 0.931. The van der Waals surface area contributed by atoms with Gasteiger partial charge in [0.2, 0.25) is 0 Å². The van der Waals surface area contributed by atoms with E-state index in [9.17, 15) is 4.79 Å². The van der Waals surface area contributed by atoms with Crippen molar-refractivity contribution in [3.63, 3.8) is 0 Å². The zero-order valence-corrected chi connectivity index (χ0v) is 19.5. The minimum Gasteiger partial charge on any atom is -0.497 e. The van der Waals surface area contributed by atoms with E-state index in [1.165, 1.54) is 0 Å². The van der Waals surface area contributed by atoms with E-state index in [1.54, 1.807) is 19.3 Å². The number of hydrogen-bond donors (Lipinski definition) is 0. The van der Waals surface area contributed by atoms with Crippen molar-refractivity contribution < 1.29 is 23.7 Å². The smallest absolute Gasteiger partial charge is 0.309 e. The van der Waals surface area contributed by atoms with Crippen molar-refractivity contribution in [3.8, 4) is 5.75 Å². The van der Waals surface area contributed by atoms with Gasteiger partial charge in [0.1, 0.15) is 23.6 Å². The molecule has 0 radical (unpaired) electrons. The molecule has 0 N–H and O–H groups in total. The Hall–Kier alpha value is -1.64. The summed E-state index contributed by atoms with van der Waals surface area (Å²) >= 11 is 2.15. The third kappa shape index (κ3) is 5.71. The van der Waals surface area contributed by atoms with E-state index >= 15 is 0 Å². The minimum absolute atomic E-state index is 0.000711. The predicted molar refractivity (Wildman–Crippen MR) is 122 cm³/mol. The van der Waals surface area contributed by atoms with Crippen molar-refractivity contribution in [2.75, 3.05) is 7.11 Å². The van der Waals surface area contributed by atoms with E-state index < -0.39 is 18.0 Å². The topological polar surface area (TPSA) is 54.0 Å². The molecule has 0 saturated carbocycles. The lowest BCUT2D eigenvalue weighted by Crippen LogP contribution is -2.39. The van der Waals surface area contributed by atoms with E-state index in [2.05, 4.69) is 35.7 Å². The fraction of sp³-hybridized carbons (Fsp3) is 0.435. The van der Waals surface area contributed by atoms with Gasteiger partial charge in [-0.25, -0.2) is 0 Å². The molecule has 1 aromatic rings. The van der Waals surface area contributed by atoms with Gasteiger partial charge in [-0.2, -0.15) is 0 Å². The molecule has 158 valence electrons. The van der Waals surface area contributed by atoms with E-state index in [0.29, 0.717) is 0 Å². The molecule has 1 aromatic carbocycles. The summed E-state index contributed by atoms with van der Waals surface area (Å²) in [6, 6.07) is 7.44. The third-order valence-electron chi connectivity index (χ3n) is 5.07. The summed E-state index contributed by atoms with van der Waals surface area (Å²) in [5.74, 6) is 0.398. The molecule has 0 aliphatic carbocycles. The number of benzene rings is 1. The summed E-state index contributed by atoms with van der Waals surface area (Å²) in [5, 5.41) is 0. The van der Waals surface area contributed by atoms with Crippen molar-refractivity contribution in [1.29, 1.82) is 0 Å². The number of carbonyl (C=O) groups excluding carboxylic acids is 1. The molecule has 0 amide bonds. The van der Waals surface area contributed by atoms with Crippen molar-refractivity contribution >= 4 is 28.6 Å². The lowest BCUT2D eigenvalue weighted by Gasteiger charge is -2.28. The van der Waals surface area contributed by atoms with Crippen molar-refractivity contribution in [3.05, 3.63) is 64.8 Å². The highest BCUT2D eigenvalue weighted by Gasteiger charge is 2.47. The number of hydrogen-bond acceptors (Lipinski definition) is 5. The fourth-order valence-corrected chi connectivity index (χ4v) is 3.60. The molecule has 0 aromatic heterocycles. The lowest BCUT2D eigenvalue weighted by atomic mass is 9.94. The highest BCUT2D eigenvalue weighted by Crippen LogP contribution is 2.41. The second-order valence-corrected chi connectivity index (χ2v) is 7.99. The van der Waals surface area contributed by atoms with Gasteiger partial charge in [-0.15, -0.1) is 13.2 Å². The average molecular weight is 512 g/mol. The molecule has 2 unspecified atom stereocenters. The fourth-order valence-electron chi connectivity index (χ4n) is 3.24. The van der Waals surface area contributed by atoms with Gasteiger partial charge in [0.25, 0.3) is 0 Å². The second kappa shape index (κ2) is 10.4. The maximum Gasteiger partial charge on any atom is 0.309 e. The number of methoxy groups -OCH3 is 1. The molecule has 29 heavy (non-hydrogen) atoms. The van der Waals surface area contributed by atoms with E-state index in [4.69, 9.17) is 18.9 Å². The summed E-state index contributed by atoms with van der Waals surface area (Å²) in [6.45, 7) is 13.4. The molecule has 1 heterocycles. The van der Waals surface area contributed by atoms with Gasteiger partial charge in [-0.3, -0.25) is 4.79 Å². The summed E-state index contributed by atoms with van der Waals surface area (Å²) in [7, 11) is 1.61. The Balaban J connectivity index is 2.13. The number of ether oxygens (including phenoxy) is 4. The molecule has 5 nitrogen and oxygen atoms in total. The van der Waals surface area contributed by atoms with Crippen LogP contribution in [0.15, 0.2) is 59.2 Å². The van der Waals surface area contributed by atoms with Crippen LogP contribution in [0.25, 0.3) is 0 Å². The van der Waals surface area contributed by atoms with E-state index in [1.807, 2.05) is 49.1 Å². The SMILES string of the molecule is C=C[C@@H]1OC(c2ccc(OC)cc2)OC1(C)CC(=O)O[C@H](/C(C)=C/I)[C@@H](C)C=C. The molecule has 0 spiro atoms. The second-order valence-electron chi connectivity index (χ2n) is 7.36. The van der Waals surface area contributed by atoms with Gasteiger partial charge in [0.05, 0.1) is 13.5 Å². The largest absolute Gasteiger partial charge is 0.497 e. The average Bonchev–Trinajstić information content (AvgIpc) is 3.06. The number of esters is 1. The van der Waals surface area contributed by atoms with Gasteiger partial charge >= 0.3 is 5.97 Å².